The smallest absolute Gasteiger partial charge is 0.170 e. The average molecular weight is 345 g/mol. The van der Waals surface area contributed by atoms with Crippen molar-refractivity contribution in [3.05, 3.63) is 46.7 Å². The number of pyridine rings is 1. The van der Waals surface area contributed by atoms with Crippen molar-refractivity contribution in [2.75, 3.05) is 5.32 Å². The minimum atomic E-state index is 0.532. The van der Waals surface area contributed by atoms with Crippen LogP contribution in [0.4, 0.5) is 5.82 Å². The summed E-state index contributed by atoms with van der Waals surface area (Å²) in [5.74, 6) is 2.21. The number of nitrogens with one attached hydrogen (secondary N) is 1. The fourth-order valence-corrected chi connectivity index (χ4v) is 2.59. The molecule has 7 heteroatoms. The molecule has 0 unspecified atom stereocenters. The number of nitrogens with zero attached hydrogens (tertiary/aromatic N) is 5. The molecule has 0 amide bonds. The second-order valence-corrected chi connectivity index (χ2v) is 5.96. The molecule has 3 aromatic heterocycles. The molecule has 0 saturated heterocycles. The topological polar surface area (TPSA) is 68.0 Å². The molecule has 0 atom stereocenters. The molecule has 0 radical (unpaired) electrons. The molecule has 4 rings (SSSR count). The Bertz CT molecular complexity index is 795. The summed E-state index contributed by atoms with van der Waals surface area (Å²) in [7, 11) is 0. The Balaban J connectivity index is 1.53. The summed E-state index contributed by atoms with van der Waals surface area (Å²) in [6, 6.07) is 6.01. The van der Waals surface area contributed by atoms with Crippen LogP contribution in [0.15, 0.2) is 35.3 Å². The normalized spacial score (nSPS) is 14.5. The van der Waals surface area contributed by atoms with Gasteiger partial charge in [0.2, 0.25) is 0 Å². The second kappa shape index (κ2) is 5.07. The number of rotatable bonds is 4. The van der Waals surface area contributed by atoms with Crippen LogP contribution in [0.1, 0.15) is 30.1 Å². The minimum Gasteiger partial charge on any atom is -0.363 e. The van der Waals surface area contributed by atoms with Gasteiger partial charge in [0.25, 0.3) is 0 Å². The van der Waals surface area contributed by atoms with Crippen molar-refractivity contribution in [2.24, 2.45) is 0 Å². The van der Waals surface area contributed by atoms with Crippen molar-refractivity contribution in [1.82, 2.24) is 24.6 Å². The molecular formula is C14H13BrN6. The number of hydrogen-bond donors (Lipinski definition) is 1. The largest absolute Gasteiger partial charge is 0.363 e. The molecule has 1 aliphatic rings. The Labute approximate surface area is 129 Å². The van der Waals surface area contributed by atoms with Crippen LogP contribution in [0.2, 0.25) is 0 Å². The third kappa shape index (κ3) is 2.73. The zero-order chi connectivity index (χ0) is 14.2. The van der Waals surface area contributed by atoms with E-state index in [1.54, 1.807) is 0 Å². The molecule has 3 aromatic rings. The summed E-state index contributed by atoms with van der Waals surface area (Å²) in [6.45, 7) is 0.532. The van der Waals surface area contributed by atoms with Gasteiger partial charge in [-0.2, -0.15) is 0 Å². The molecule has 6 nitrogen and oxygen atoms in total. The highest BCUT2D eigenvalue weighted by Crippen LogP contribution is 2.39. The van der Waals surface area contributed by atoms with Crippen molar-refractivity contribution < 1.29 is 0 Å². The van der Waals surface area contributed by atoms with Crippen LogP contribution >= 0.6 is 15.9 Å². The van der Waals surface area contributed by atoms with Crippen LogP contribution in [0, 0.1) is 0 Å². The van der Waals surface area contributed by atoms with Crippen LogP contribution in [0.25, 0.3) is 5.65 Å². The molecular weight excluding hydrogens is 332 g/mol. The number of hydrogen-bond acceptors (Lipinski definition) is 5. The Morgan fingerprint density at radius 3 is 3.00 bits per heavy atom. The standard InChI is InChI=1S/C14H13BrN6/c15-11-5-12(18-8-17-11)16-6-13-19-14-4-3-10(9-1-2-9)7-21(14)20-13/h3-5,7-9H,1-2,6H2,(H,16,17,18). The van der Waals surface area contributed by atoms with Crippen molar-refractivity contribution in [2.45, 2.75) is 25.3 Å². The Kier molecular flexibility index (Phi) is 3.07. The highest BCUT2D eigenvalue weighted by molar-refractivity contribution is 9.10. The van der Waals surface area contributed by atoms with E-state index < -0.39 is 0 Å². The van der Waals surface area contributed by atoms with E-state index in [2.05, 4.69) is 53.6 Å². The molecule has 1 saturated carbocycles. The molecule has 0 aromatic carbocycles. The van der Waals surface area contributed by atoms with Crippen molar-refractivity contribution in [3.63, 3.8) is 0 Å². The number of fused-ring (bicyclic) bond motifs is 1. The van der Waals surface area contributed by atoms with E-state index in [0.29, 0.717) is 6.54 Å². The maximum absolute atomic E-state index is 4.51. The first-order valence-electron chi connectivity index (χ1n) is 6.84. The van der Waals surface area contributed by atoms with E-state index in [1.807, 2.05) is 16.6 Å². The molecule has 1 N–H and O–H groups in total. The number of halogens is 1. The molecule has 0 spiro atoms. The van der Waals surface area contributed by atoms with Gasteiger partial charge in [0, 0.05) is 12.3 Å². The van der Waals surface area contributed by atoms with E-state index in [1.165, 1.54) is 24.7 Å². The third-order valence-corrected chi connectivity index (χ3v) is 3.94. The van der Waals surface area contributed by atoms with Crippen LogP contribution in [-0.4, -0.2) is 24.6 Å². The lowest BCUT2D eigenvalue weighted by atomic mass is 10.2. The van der Waals surface area contributed by atoms with Gasteiger partial charge in [0.05, 0.1) is 6.54 Å². The van der Waals surface area contributed by atoms with E-state index in [9.17, 15) is 0 Å². The van der Waals surface area contributed by atoms with Gasteiger partial charge in [0.15, 0.2) is 11.5 Å². The van der Waals surface area contributed by atoms with Crippen molar-refractivity contribution in [3.8, 4) is 0 Å². The van der Waals surface area contributed by atoms with Gasteiger partial charge in [0.1, 0.15) is 16.7 Å². The fourth-order valence-electron chi connectivity index (χ4n) is 2.28. The summed E-state index contributed by atoms with van der Waals surface area (Å²) >= 11 is 3.32. The van der Waals surface area contributed by atoms with Gasteiger partial charge in [-0.05, 0) is 46.3 Å². The summed E-state index contributed by atoms with van der Waals surface area (Å²) in [5, 5.41) is 7.70. The fraction of sp³-hybridized carbons (Fsp3) is 0.286. The predicted molar refractivity (Wildman–Crippen MR) is 82.0 cm³/mol. The maximum atomic E-state index is 4.51. The maximum Gasteiger partial charge on any atom is 0.170 e. The SMILES string of the molecule is Brc1cc(NCc2nc3ccc(C4CC4)cn3n2)ncn1. The molecule has 106 valence electrons. The van der Waals surface area contributed by atoms with E-state index in [4.69, 9.17) is 0 Å². The molecule has 0 aliphatic heterocycles. The Morgan fingerprint density at radius 1 is 1.29 bits per heavy atom. The Morgan fingerprint density at radius 2 is 2.19 bits per heavy atom. The second-order valence-electron chi connectivity index (χ2n) is 5.15. The van der Waals surface area contributed by atoms with Gasteiger partial charge in [-0.1, -0.05) is 6.07 Å². The lowest BCUT2D eigenvalue weighted by Crippen LogP contribution is -2.03. The summed E-state index contributed by atoms with van der Waals surface area (Å²) in [6.07, 6.45) is 6.17. The van der Waals surface area contributed by atoms with Crippen molar-refractivity contribution >= 4 is 27.4 Å². The molecule has 1 aliphatic carbocycles. The first kappa shape index (κ1) is 12.7. The minimum absolute atomic E-state index is 0.532. The highest BCUT2D eigenvalue weighted by Gasteiger charge is 2.23. The van der Waals surface area contributed by atoms with E-state index in [0.717, 1.165) is 27.8 Å². The van der Waals surface area contributed by atoms with Crippen LogP contribution in [0.5, 0.6) is 0 Å². The van der Waals surface area contributed by atoms with Crippen LogP contribution in [0.3, 0.4) is 0 Å². The lowest BCUT2D eigenvalue weighted by Gasteiger charge is -2.01. The quantitative estimate of drug-likeness (QED) is 0.737. The first-order chi connectivity index (χ1) is 10.3. The first-order valence-corrected chi connectivity index (χ1v) is 7.64. The lowest BCUT2D eigenvalue weighted by molar-refractivity contribution is 0.875. The van der Waals surface area contributed by atoms with E-state index >= 15 is 0 Å². The molecule has 3 heterocycles. The summed E-state index contributed by atoms with van der Waals surface area (Å²) in [4.78, 5) is 12.6. The molecule has 21 heavy (non-hydrogen) atoms. The highest BCUT2D eigenvalue weighted by atomic mass is 79.9. The van der Waals surface area contributed by atoms with E-state index in [-0.39, 0.29) is 0 Å². The monoisotopic (exact) mass is 344 g/mol. The van der Waals surface area contributed by atoms with Gasteiger partial charge < -0.3 is 5.32 Å². The average Bonchev–Trinajstić information content (AvgIpc) is 3.25. The molecule has 0 bridgehead atoms. The summed E-state index contributed by atoms with van der Waals surface area (Å²) < 4.78 is 2.61. The zero-order valence-corrected chi connectivity index (χ0v) is 12.8. The number of anilines is 1. The van der Waals surface area contributed by atoms with Crippen molar-refractivity contribution in [1.29, 1.82) is 0 Å². The molecule has 1 fully saturated rings. The van der Waals surface area contributed by atoms with Gasteiger partial charge in [-0.15, -0.1) is 5.10 Å². The van der Waals surface area contributed by atoms with Gasteiger partial charge >= 0.3 is 0 Å². The third-order valence-electron chi connectivity index (χ3n) is 3.51. The van der Waals surface area contributed by atoms with Crippen LogP contribution < -0.4 is 5.32 Å². The zero-order valence-electron chi connectivity index (χ0n) is 11.2. The van der Waals surface area contributed by atoms with Crippen LogP contribution in [-0.2, 0) is 6.54 Å². The van der Waals surface area contributed by atoms with Gasteiger partial charge in [-0.25, -0.2) is 19.5 Å². The predicted octanol–water partition coefficient (Wildman–Crippen LogP) is 2.77. The number of aromatic nitrogens is 5. The Hall–Kier alpha value is -2.02. The van der Waals surface area contributed by atoms with Gasteiger partial charge in [-0.3, -0.25) is 0 Å². The summed E-state index contributed by atoms with van der Waals surface area (Å²) in [5.41, 5.74) is 2.23.